The minimum absolute atomic E-state index is 0.255. The predicted molar refractivity (Wildman–Crippen MR) is 137 cm³/mol. The molecule has 182 valence electrons. The van der Waals surface area contributed by atoms with Gasteiger partial charge in [0, 0.05) is 43.7 Å². The van der Waals surface area contributed by atoms with Crippen LogP contribution in [0, 0.1) is 35.5 Å². The van der Waals surface area contributed by atoms with E-state index in [0.29, 0.717) is 28.8 Å². The number of hydrogen-bond donors (Lipinski definition) is 2. The lowest BCUT2D eigenvalue weighted by Gasteiger charge is -2.24. The number of hydrogen-bond acceptors (Lipinski definition) is 8. The highest BCUT2D eigenvalue weighted by molar-refractivity contribution is 6.09. The van der Waals surface area contributed by atoms with Gasteiger partial charge in [-0.2, -0.15) is 5.26 Å². The van der Waals surface area contributed by atoms with Crippen molar-refractivity contribution in [3.05, 3.63) is 47.7 Å². The second-order valence-corrected chi connectivity index (χ2v) is 9.85. The van der Waals surface area contributed by atoms with E-state index in [1.807, 2.05) is 13.8 Å². The lowest BCUT2D eigenvalue weighted by Crippen LogP contribution is -2.27. The van der Waals surface area contributed by atoms with Crippen molar-refractivity contribution in [3.8, 4) is 6.07 Å². The predicted octanol–water partition coefficient (Wildman–Crippen LogP) is 3.59. The minimum Gasteiger partial charge on any atom is -0.404 e. The molecule has 9 nitrogen and oxygen atoms in total. The Morgan fingerprint density at radius 3 is 2.77 bits per heavy atom. The molecule has 1 amide bonds. The van der Waals surface area contributed by atoms with E-state index < -0.39 is 5.41 Å². The summed E-state index contributed by atoms with van der Waals surface area (Å²) in [7, 11) is 0. The molecule has 3 N–H and O–H groups in total. The molecule has 2 aromatic heterocycles. The smallest absolute Gasteiger partial charge is 0.275 e. The summed E-state index contributed by atoms with van der Waals surface area (Å²) in [6.07, 6.45) is 6.56. The maximum atomic E-state index is 13.0. The van der Waals surface area contributed by atoms with E-state index in [1.54, 1.807) is 37.4 Å². The molecule has 9 heteroatoms. The molecular formula is C26H32N8O. The largest absolute Gasteiger partial charge is 0.404 e. The third-order valence-corrected chi connectivity index (χ3v) is 6.64. The zero-order chi connectivity index (χ0) is 25.0. The van der Waals surface area contributed by atoms with Crippen LogP contribution in [-0.4, -0.2) is 46.7 Å². The summed E-state index contributed by atoms with van der Waals surface area (Å²) in [5.74, 6) is 2.28. The van der Waals surface area contributed by atoms with Crippen LogP contribution in [0.4, 0.5) is 11.6 Å². The highest BCUT2D eigenvalue weighted by atomic mass is 16.1. The maximum absolute atomic E-state index is 13.0. The highest BCUT2D eigenvalue weighted by Crippen LogP contribution is 2.35. The van der Waals surface area contributed by atoms with Gasteiger partial charge in [0.05, 0.1) is 17.2 Å². The first-order chi connectivity index (χ1) is 16.8. The van der Waals surface area contributed by atoms with Crippen molar-refractivity contribution in [2.75, 3.05) is 29.9 Å². The molecule has 1 saturated carbocycles. The van der Waals surface area contributed by atoms with Gasteiger partial charge in [-0.3, -0.25) is 9.79 Å². The number of aryl methyl sites for hydroxylation is 1. The molecule has 1 aliphatic heterocycles. The Bertz CT molecular complexity index is 1190. The first kappa shape index (κ1) is 24.3. The van der Waals surface area contributed by atoms with E-state index in [-0.39, 0.29) is 17.5 Å². The highest BCUT2D eigenvalue weighted by Gasteiger charge is 2.36. The van der Waals surface area contributed by atoms with Crippen molar-refractivity contribution in [1.29, 1.82) is 5.26 Å². The molecule has 1 aliphatic carbocycles. The van der Waals surface area contributed by atoms with Crippen LogP contribution in [0.5, 0.6) is 0 Å². The molecule has 0 spiro atoms. The Kier molecular flexibility index (Phi) is 7.10. The molecule has 3 heterocycles. The van der Waals surface area contributed by atoms with E-state index in [9.17, 15) is 10.1 Å². The number of anilines is 2. The summed E-state index contributed by atoms with van der Waals surface area (Å²) in [5.41, 5.74) is 6.91. The molecule has 1 unspecified atom stereocenters. The maximum Gasteiger partial charge on any atom is 0.275 e. The lowest BCUT2D eigenvalue weighted by molar-refractivity contribution is 0.102. The Balaban J connectivity index is 1.46. The van der Waals surface area contributed by atoms with Crippen molar-refractivity contribution in [2.24, 2.45) is 28.0 Å². The van der Waals surface area contributed by atoms with Crippen LogP contribution in [0.25, 0.3) is 5.57 Å². The SMILES string of the molecule is Cc1nc(NC(=O)c2cccc(/C(C=NCC3CC3)=C/N)n2)cc(N2CCC(C(C)(C)C#N)C2)n1. The van der Waals surface area contributed by atoms with Gasteiger partial charge < -0.3 is 16.0 Å². The van der Waals surface area contributed by atoms with Gasteiger partial charge in [-0.25, -0.2) is 15.0 Å². The molecule has 0 aromatic carbocycles. The third kappa shape index (κ3) is 6.01. The molecule has 4 rings (SSSR count). The minimum atomic E-state index is -0.399. The summed E-state index contributed by atoms with van der Waals surface area (Å²) in [6.45, 7) is 8.08. The quantitative estimate of drug-likeness (QED) is 0.561. The Labute approximate surface area is 206 Å². The molecule has 2 fully saturated rings. The number of carbonyl (C=O) groups is 1. The van der Waals surface area contributed by atoms with Crippen molar-refractivity contribution >= 4 is 29.3 Å². The normalized spacial score (nSPS) is 18.6. The number of nitrogens with one attached hydrogen (secondary N) is 1. The van der Waals surface area contributed by atoms with Crippen molar-refractivity contribution in [2.45, 2.75) is 40.0 Å². The number of allylic oxidation sites excluding steroid dienone is 1. The average molecular weight is 473 g/mol. The van der Waals surface area contributed by atoms with Crippen LogP contribution in [0.3, 0.4) is 0 Å². The zero-order valence-electron chi connectivity index (χ0n) is 20.5. The second kappa shape index (κ2) is 10.2. The van der Waals surface area contributed by atoms with E-state index in [1.165, 1.54) is 19.0 Å². The zero-order valence-corrected chi connectivity index (χ0v) is 20.5. The lowest BCUT2D eigenvalue weighted by atomic mass is 9.80. The molecule has 1 atom stereocenters. The number of pyridine rings is 1. The van der Waals surface area contributed by atoms with Crippen LogP contribution >= 0.6 is 0 Å². The Morgan fingerprint density at radius 2 is 2.06 bits per heavy atom. The van der Waals surface area contributed by atoms with Crippen LogP contribution in [0.1, 0.15) is 55.1 Å². The van der Waals surface area contributed by atoms with E-state index in [0.717, 1.165) is 31.9 Å². The second-order valence-electron chi connectivity index (χ2n) is 9.85. The molecule has 0 radical (unpaired) electrons. The van der Waals surface area contributed by atoms with Crippen LogP contribution in [0.15, 0.2) is 35.5 Å². The molecular weight excluding hydrogens is 440 g/mol. The van der Waals surface area contributed by atoms with Gasteiger partial charge >= 0.3 is 0 Å². The molecule has 35 heavy (non-hydrogen) atoms. The van der Waals surface area contributed by atoms with E-state index in [2.05, 4.69) is 36.2 Å². The molecule has 2 aromatic rings. The summed E-state index contributed by atoms with van der Waals surface area (Å²) < 4.78 is 0. The number of rotatable bonds is 8. The average Bonchev–Trinajstić information content (AvgIpc) is 3.53. The van der Waals surface area contributed by atoms with Gasteiger partial charge in [0.2, 0.25) is 0 Å². The van der Waals surface area contributed by atoms with Gasteiger partial charge in [-0.1, -0.05) is 6.07 Å². The van der Waals surface area contributed by atoms with Crippen LogP contribution in [0.2, 0.25) is 0 Å². The van der Waals surface area contributed by atoms with Crippen molar-refractivity contribution in [3.63, 3.8) is 0 Å². The summed E-state index contributed by atoms with van der Waals surface area (Å²) in [5, 5.41) is 12.3. The van der Waals surface area contributed by atoms with Gasteiger partial charge in [0.1, 0.15) is 23.2 Å². The topological polar surface area (TPSA) is 133 Å². The number of nitriles is 1. The standard InChI is InChI=1S/C26H32N8O/c1-17-30-23(11-24(31-17)34-10-9-20(15-34)26(2,3)16-28)33-25(35)22-6-4-5-21(32-22)19(12-27)14-29-13-18-7-8-18/h4-6,11-12,14,18,20H,7-10,13,15,27H2,1-3H3,(H,30,31,33,35)/b19-12+,29-14?. The van der Waals surface area contributed by atoms with Crippen molar-refractivity contribution < 1.29 is 4.79 Å². The number of amides is 1. The van der Waals surface area contributed by atoms with E-state index >= 15 is 0 Å². The monoisotopic (exact) mass is 472 g/mol. The number of aliphatic imine (C=N–C) groups is 1. The first-order valence-corrected chi connectivity index (χ1v) is 12.0. The fourth-order valence-electron chi connectivity index (χ4n) is 4.12. The van der Waals surface area contributed by atoms with Gasteiger partial charge in [-0.05, 0) is 64.0 Å². The van der Waals surface area contributed by atoms with E-state index in [4.69, 9.17) is 5.73 Å². The summed E-state index contributed by atoms with van der Waals surface area (Å²) in [4.78, 5) is 33.0. The number of nitrogens with two attached hydrogens (primary N) is 1. The van der Waals surface area contributed by atoms with Gasteiger partial charge in [-0.15, -0.1) is 0 Å². The van der Waals surface area contributed by atoms with Crippen LogP contribution in [-0.2, 0) is 0 Å². The van der Waals surface area contributed by atoms with Crippen LogP contribution < -0.4 is 16.0 Å². The number of carbonyl (C=O) groups excluding carboxylic acids is 1. The third-order valence-electron chi connectivity index (χ3n) is 6.64. The number of nitrogens with zero attached hydrogens (tertiary/aromatic N) is 6. The van der Waals surface area contributed by atoms with Gasteiger partial charge in [0.15, 0.2) is 0 Å². The van der Waals surface area contributed by atoms with Gasteiger partial charge in [0.25, 0.3) is 5.91 Å². The molecule has 1 saturated heterocycles. The fourth-order valence-corrected chi connectivity index (χ4v) is 4.12. The van der Waals surface area contributed by atoms with Crippen molar-refractivity contribution in [1.82, 2.24) is 15.0 Å². The molecule has 0 bridgehead atoms. The summed E-state index contributed by atoms with van der Waals surface area (Å²) in [6, 6.07) is 9.41. The Hall–Kier alpha value is -3.80. The Morgan fingerprint density at radius 1 is 1.29 bits per heavy atom. The molecule has 2 aliphatic rings. The number of aromatic nitrogens is 3. The summed E-state index contributed by atoms with van der Waals surface area (Å²) >= 11 is 0. The first-order valence-electron chi connectivity index (χ1n) is 12.0. The fraction of sp³-hybridized carbons (Fsp3) is 0.462.